The molecule has 0 aromatic rings. The van der Waals surface area contributed by atoms with Crippen molar-refractivity contribution in [3.05, 3.63) is 0 Å². The molecule has 13 heavy (non-hydrogen) atoms. The Morgan fingerprint density at radius 1 is 1.15 bits per heavy atom. The highest BCUT2D eigenvalue weighted by molar-refractivity contribution is 4.96. The van der Waals surface area contributed by atoms with Crippen molar-refractivity contribution in [2.24, 2.45) is 0 Å². The van der Waals surface area contributed by atoms with E-state index >= 15 is 0 Å². The van der Waals surface area contributed by atoms with Crippen LogP contribution in [-0.2, 0) is 0 Å². The third-order valence-electron chi connectivity index (χ3n) is 3.35. The van der Waals surface area contributed by atoms with Gasteiger partial charge in [-0.1, -0.05) is 6.42 Å². The van der Waals surface area contributed by atoms with Crippen molar-refractivity contribution >= 4 is 0 Å². The van der Waals surface area contributed by atoms with Crippen LogP contribution in [0.5, 0.6) is 0 Å². The van der Waals surface area contributed by atoms with Gasteiger partial charge in [0.1, 0.15) is 0 Å². The molecule has 2 heterocycles. The van der Waals surface area contributed by atoms with Gasteiger partial charge in [0.25, 0.3) is 0 Å². The zero-order valence-corrected chi connectivity index (χ0v) is 8.18. The van der Waals surface area contributed by atoms with Gasteiger partial charge in [-0.05, 0) is 38.8 Å². The molecule has 0 spiro atoms. The Bertz CT molecular complexity index is 160. The summed E-state index contributed by atoms with van der Waals surface area (Å²) < 4.78 is 0. The van der Waals surface area contributed by atoms with Gasteiger partial charge >= 0.3 is 0 Å². The molecule has 2 unspecified atom stereocenters. The zero-order chi connectivity index (χ0) is 9.15. The van der Waals surface area contributed by atoms with Crippen molar-refractivity contribution in [2.45, 2.75) is 43.7 Å². The fourth-order valence-corrected chi connectivity index (χ4v) is 2.52. The summed E-state index contributed by atoms with van der Waals surface area (Å²) in [7, 11) is 0. The van der Waals surface area contributed by atoms with E-state index in [4.69, 9.17) is 0 Å². The van der Waals surface area contributed by atoms with Gasteiger partial charge in [0.15, 0.2) is 0 Å². The Morgan fingerprint density at radius 3 is 2.69 bits per heavy atom. The summed E-state index contributed by atoms with van der Waals surface area (Å²) in [5.74, 6) is 0. The summed E-state index contributed by atoms with van der Waals surface area (Å²) in [5, 5.41) is 17.1. The maximum atomic E-state index is 10.4. The van der Waals surface area contributed by atoms with E-state index in [1.165, 1.54) is 12.8 Å². The normalized spacial score (nSPS) is 41.8. The lowest BCUT2D eigenvalue weighted by Crippen LogP contribution is -2.59. The number of nitrogens with one attached hydrogen (secondary N) is 2. The molecule has 76 valence electrons. The first-order valence-electron chi connectivity index (χ1n) is 5.48. The molecule has 2 rings (SSSR count). The number of aliphatic hydroxyl groups is 1. The minimum Gasteiger partial charge on any atom is -0.387 e. The Morgan fingerprint density at radius 2 is 2.08 bits per heavy atom. The predicted octanol–water partition coefficient (Wildman–Crippen LogP) is 0.243. The maximum absolute atomic E-state index is 10.4. The lowest BCUT2D eigenvalue weighted by atomic mass is 9.82. The molecule has 0 aromatic carbocycles. The third kappa shape index (κ3) is 2.03. The molecule has 0 amide bonds. The molecule has 0 aliphatic carbocycles. The first-order valence-corrected chi connectivity index (χ1v) is 5.48. The number of hydrogen-bond donors (Lipinski definition) is 3. The molecular formula is C10H20N2O. The van der Waals surface area contributed by atoms with Crippen LogP contribution in [0.1, 0.15) is 32.1 Å². The number of rotatable bonds is 1. The first kappa shape index (κ1) is 9.44. The Kier molecular flexibility index (Phi) is 2.86. The highest BCUT2D eigenvalue weighted by atomic mass is 16.3. The van der Waals surface area contributed by atoms with Crippen molar-refractivity contribution in [1.29, 1.82) is 0 Å². The average molecular weight is 184 g/mol. The summed E-state index contributed by atoms with van der Waals surface area (Å²) in [4.78, 5) is 0. The molecule has 0 radical (unpaired) electrons. The molecule has 3 N–H and O–H groups in total. The topological polar surface area (TPSA) is 44.3 Å². The number of hydrogen-bond acceptors (Lipinski definition) is 3. The molecule has 3 nitrogen and oxygen atoms in total. The van der Waals surface area contributed by atoms with E-state index in [2.05, 4.69) is 10.6 Å². The minimum absolute atomic E-state index is 0.328. The summed E-state index contributed by atoms with van der Waals surface area (Å²) in [5.41, 5.74) is -0.474. The molecule has 3 heteroatoms. The van der Waals surface area contributed by atoms with Gasteiger partial charge < -0.3 is 15.7 Å². The quantitative estimate of drug-likeness (QED) is 0.547. The summed E-state index contributed by atoms with van der Waals surface area (Å²) in [6.07, 6.45) is 5.73. The van der Waals surface area contributed by atoms with Crippen molar-refractivity contribution in [3.63, 3.8) is 0 Å². The van der Waals surface area contributed by atoms with Crippen molar-refractivity contribution in [1.82, 2.24) is 10.6 Å². The molecular weight excluding hydrogens is 164 g/mol. The zero-order valence-electron chi connectivity index (χ0n) is 8.18. The van der Waals surface area contributed by atoms with Crippen LogP contribution in [0.15, 0.2) is 0 Å². The van der Waals surface area contributed by atoms with Crippen molar-refractivity contribution < 1.29 is 5.11 Å². The summed E-state index contributed by atoms with van der Waals surface area (Å²) in [6, 6.07) is 0.328. The third-order valence-corrected chi connectivity index (χ3v) is 3.35. The van der Waals surface area contributed by atoms with Crippen molar-refractivity contribution in [2.75, 3.05) is 19.6 Å². The molecule has 0 aromatic heterocycles. The largest absolute Gasteiger partial charge is 0.387 e. The molecule has 0 bridgehead atoms. The van der Waals surface area contributed by atoms with Gasteiger partial charge in [-0.3, -0.25) is 0 Å². The van der Waals surface area contributed by atoms with Crippen LogP contribution in [0.3, 0.4) is 0 Å². The highest BCUT2D eigenvalue weighted by Gasteiger charge is 2.37. The standard InChI is InChI=1S/C10H20N2O/c13-10(5-3-6-11-8-10)9-4-1-2-7-12-9/h9,11-13H,1-8H2. The van der Waals surface area contributed by atoms with E-state index < -0.39 is 5.60 Å². The van der Waals surface area contributed by atoms with Gasteiger partial charge in [0.2, 0.25) is 0 Å². The maximum Gasteiger partial charge on any atom is 0.0923 e. The van der Waals surface area contributed by atoms with E-state index in [1.54, 1.807) is 0 Å². The summed E-state index contributed by atoms with van der Waals surface area (Å²) in [6.45, 7) is 2.91. The van der Waals surface area contributed by atoms with Gasteiger partial charge in [0, 0.05) is 12.6 Å². The first-order chi connectivity index (χ1) is 6.31. The number of piperidine rings is 2. The average Bonchev–Trinajstić information content (AvgIpc) is 2.20. The second-order valence-corrected chi connectivity index (χ2v) is 4.39. The van der Waals surface area contributed by atoms with Gasteiger partial charge in [-0.25, -0.2) is 0 Å². The van der Waals surface area contributed by atoms with Gasteiger partial charge in [-0.2, -0.15) is 0 Å². The number of β-amino-alcohol motifs (C(OH)–C–C–N with tert-alkyl or cyclic N) is 1. The van der Waals surface area contributed by atoms with E-state index in [0.29, 0.717) is 6.04 Å². The Hall–Kier alpha value is -0.120. The second kappa shape index (κ2) is 3.95. The second-order valence-electron chi connectivity index (χ2n) is 4.39. The lowest BCUT2D eigenvalue weighted by molar-refractivity contribution is -0.0261. The van der Waals surface area contributed by atoms with Gasteiger partial charge in [-0.15, -0.1) is 0 Å². The van der Waals surface area contributed by atoms with Gasteiger partial charge in [0.05, 0.1) is 5.60 Å². The molecule has 2 atom stereocenters. The van der Waals surface area contributed by atoms with Crippen molar-refractivity contribution in [3.8, 4) is 0 Å². The fraction of sp³-hybridized carbons (Fsp3) is 1.00. The van der Waals surface area contributed by atoms with E-state index in [-0.39, 0.29) is 0 Å². The van der Waals surface area contributed by atoms with Crippen LogP contribution in [0.4, 0.5) is 0 Å². The smallest absolute Gasteiger partial charge is 0.0923 e. The summed E-state index contributed by atoms with van der Waals surface area (Å²) >= 11 is 0. The Balaban J connectivity index is 1.94. The molecule has 0 saturated carbocycles. The molecule has 2 aliphatic heterocycles. The Labute approximate surface area is 79.9 Å². The SMILES string of the molecule is OC1(C2CCCCN2)CCCNC1. The van der Waals surface area contributed by atoms with E-state index in [1.807, 2.05) is 0 Å². The van der Waals surface area contributed by atoms with Crippen LogP contribution < -0.4 is 10.6 Å². The minimum atomic E-state index is -0.474. The van der Waals surface area contributed by atoms with Crippen LogP contribution >= 0.6 is 0 Å². The van der Waals surface area contributed by atoms with Crippen LogP contribution in [0.25, 0.3) is 0 Å². The van der Waals surface area contributed by atoms with Crippen LogP contribution in [-0.4, -0.2) is 36.4 Å². The predicted molar refractivity (Wildman–Crippen MR) is 52.7 cm³/mol. The molecule has 2 fully saturated rings. The van der Waals surface area contributed by atoms with Crippen LogP contribution in [0.2, 0.25) is 0 Å². The lowest BCUT2D eigenvalue weighted by Gasteiger charge is -2.41. The van der Waals surface area contributed by atoms with E-state index in [9.17, 15) is 5.11 Å². The van der Waals surface area contributed by atoms with Crippen LogP contribution in [0, 0.1) is 0 Å². The fourth-order valence-electron chi connectivity index (χ4n) is 2.52. The molecule has 2 aliphatic rings. The highest BCUT2D eigenvalue weighted by Crippen LogP contribution is 2.25. The van der Waals surface area contributed by atoms with E-state index in [0.717, 1.165) is 38.9 Å². The molecule has 2 saturated heterocycles. The monoisotopic (exact) mass is 184 g/mol.